The van der Waals surface area contributed by atoms with E-state index in [4.69, 9.17) is 16.3 Å². The maximum Gasteiger partial charge on any atom is 0.338 e. The van der Waals surface area contributed by atoms with Crippen LogP contribution in [-0.4, -0.2) is 66.9 Å². The van der Waals surface area contributed by atoms with Crippen LogP contribution in [0.3, 0.4) is 0 Å². The van der Waals surface area contributed by atoms with E-state index in [1.54, 1.807) is 17.0 Å². The van der Waals surface area contributed by atoms with E-state index in [2.05, 4.69) is 4.90 Å². The van der Waals surface area contributed by atoms with Crippen LogP contribution < -0.4 is 0 Å². The highest BCUT2D eigenvalue weighted by Gasteiger charge is 2.20. The quantitative estimate of drug-likeness (QED) is 0.606. The van der Waals surface area contributed by atoms with Crippen LogP contribution in [-0.2, 0) is 9.53 Å². The Bertz CT molecular complexity index is 473. The number of carbonyl (C=O) groups excluding carboxylic acids is 2. The number of hydrogen-bond acceptors (Lipinski definition) is 4. The average Bonchev–Trinajstić information content (AvgIpc) is 2.55. The molecule has 0 saturated carbocycles. The van der Waals surface area contributed by atoms with Crippen molar-refractivity contribution in [3.63, 3.8) is 0 Å². The van der Waals surface area contributed by atoms with E-state index in [-0.39, 0.29) is 17.8 Å². The summed E-state index contributed by atoms with van der Waals surface area (Å²) < 4.78 is 5.24. The van der Waals surface area contributed by atoms with Gasteiger partial charge in [0, 0.05) is 32.7 Å². The first-order valence-electron chi connectivity index (χ1n) is 6.99. The molecule has 1 aliphatic rings. The van der Waals surface area contributed by atoms with E-state index in [0.29, 0.717) is 31.8 Å². The van der Waals surface area contributed by atoms with Crippen molar-refractivity contribution in [2.45, 2.75) is 0 Å². The van der Waals surface area contributed by atoms with E-state index >= 15 is 0 Å². The minimum Gasteiger partial charge on any atom is -0.461 e. The Morgan fingerprint density at radius 1 is 1.10 bits per heavy atom. The molecule has 5 nitrogen and oxygen atoms in total. The van der Waals surface area contributed by atoms with Crippen molar-refractivity contribution < 1.29 is 14.3 Å². The van der Waals surface area contributed by atoms with E-state index in [1.807, 2.05) is 18.2 Å². The molecule has 0 aromatic heterocycles. The first kappa shape index (κ1) is 15.8. The molecule has 6 heteroatoms. The van der Waals surface area contributed by atoms with Crippen LogP contribution in [0.1, 0.15) is 10.4 Å². The van der Waals surface area contributed by atoms with E-state index in [9.17, 15) is 9.59 Å². The van der Waals surface area contributed by atoms with Crippen molar-refractivity contribution in [2.75, 3.05) is 45.2 Å². The smallest absolute Gasteiger partial charge is 0.338 e. The number of piperazine rings is 1. The molecule has 0 unspecified atom stereocenters. The van der Waals surface area contributed by atoms with Gasteiger partial charge in [-0.15, -0.1) is 11.6 Å². The van der Waals surface area contributed by atoms with Gasteiger partial charge in [0.15, 0.2) is 0 Å². The van der Waals surface area contributed by atoms with Crippen molar-refractivity contribution >= 4 is 23.5 Å². The Morgan fingerprint density at radius 2 is 1.76 bits per heavy atom. The molecule has 1 aliphatic heterocycles. The van der Waals surface area contributed by atoms with Crippen LogP contribution >= 0.6 is 11.6 Å². The Morgan fingerprint density at radius 3 is 2.38 bits per heavy atom. The number of rotatable bonds is 5. The Kier molecular flexibility index (Phi) is 6.02. The number of amides is 1. The Balaban J connectivity index is 1.66. The van der Waals surface area contributed by atoms with Crippen LogP contribution in [0.5, 0.6) is 0 Å². The third-order valence-corrected chi connectivity index (χ3v) is 3.72. The summed E-state index contributed by atoms with van der Waals surface area (Å²) >= 11 is 5.54. The zero-order valence-electron chi connectivity index (χ0n) is 11.8. The molecule has 1 amide bonds. The van der Waals surface area contributed by atoms with Gasteiger partial charge in [0.2, 0.25) is 5.91 Å². The van der Waals surface area contributed by atoms with E-state index < -0.39 is 0 Å². The summed E-state index contributed by atoms with van der Waals surface area (Å²) in [6.07, 6.45) is 0. The molecule has 0 N–H and O–H groups in total. The molecule has 1 aromatic rings. The first-order chi connectivity index (χ1) is 10.2. The largest absolute Gasteiger partial charge is 0.461 e. The Labute approximate surface area is 129 Å². The first-order valence-corrected chi connectivity index (χ1v) is 7.52. The topological polar surface area (TPSA) is 49.9 Å². The van der Waals surface area contributed by atoms with Gasteiger partial charge >= 0.3 is 5.97 Å². The zero-order chi connectivity index (χ0) is 15.1. The monoisotopic (exact) mass is 310 g/mol. The average molecular weight is 311 g/mol. The third-order valence-electron chi connectivity index (χ3n) is 3.49. The molecule has 114 valence electrons. The highest BCUT2D eigenvalue weighted by atomic mass is 35.5. The summed E-state index contributed by atoms with van der Waals surface area (Å²) in [4.78, 5) is 27.1. The second kappa shape index (κ2) is 8.00. The number of benzene rings is 1. The molecule has 1 heterocycles. The fourth-order valence-electron chi connectivity index (χ4n) is 2.23. The number of halogens is 1. The lowest BCUT2D eigenvalue weighted by Gasteiger charge is -2.34. The maximum atomic E-state index is 11.8. The van der Waals surface area contributed by atoms with Crippen LogP contribution in [0.25, 0.3) is 0 Å². The van der Waals surface area contributed by atoms with Crippen molar-refractivity contribution in [1.29, 1.82) is 0 Å². The van der Waals surface area contributed by atoms with Crippen molar-refractivity contribution in [1.82, 2.24) is 9.80 Å². The summed E-state index contributed by atoms with van der Waals surface area (Å²) in [5, 5.41) is 0. The predicted octanol–water partition coefficient (Wildman–Crippen LogP) is 1.23. The van der Waals surface area contributed by atoms with Gasteiger partial charge < -0.3 is 9.64 Å². The lowest BCUT2D eigenvalue weighted by Crippen LogP contribution is -2.49. The van der Waals surface area contributed by atoms with Gasteiger partial charge in [0.05, 0.1) is 5.56 Å². The van der Waals surface area contributed by atoms with Gasteiger partial charge in [-0.1, -0.05) is 18.2 Å². The number of alkyl halides is 1. The van der Waals surface area contributed by atoms with Crippen LogP contribution in [0.4, 0.5) is 0 Å². The SMILES string of the molecule is O=C(OCCN1CCN(C(=O)CCl)CC1)c1ccccc1. The molecule has 1 aromatic carbocycles. The predicted molar refractivity (Wildman–Crippen MR) is 80.5 cm³/mol. The van der Waals surface area contributed by atoms with E-state index in [0.717, 1.165) is 13.1 Å². The molecule has 0 aliphatic carbocycles. The highest BCUT2D eigenvalue weighted by Crippen LogP contribution is 2.04. The van der Waals surface area contributed by atoms with Gasteiger partial charge in [0.25, 0.3) is 0 Å². The van der Waals surface area contributed by atoms with Crippen LogP contribution in [0.2, 0.25) is 0 Å². The minimum absolute atomic E-state index is 0.0215. The molecule has 0 radical (unpaired) electrons. The van der Waals surface area contributed by atoms with Crippen LogP contribution in [0, 0.1) is 0 Å². The second-order valence-electron chi connectivity index (χ2n) is 4.86. The number of esters is 1. The molecule has 0 spiro atoms. The highest BCUT2D eigenvalue weighted by molar-refractivity contribution is 6.27. The maximum absolute atomic E-state index is 11.8. The number of nitrogens with zero attached hydrogens (tertiary/aromatic N) is 2. The van der Waals surface area contributed by atoms with Gasteiger partial charge in [-0.05, 0) is 12.1 Å². The van der Waals surface area contributed by atoms with Crippen molar-refractivity contribution in [3.05, 3.63) is 35.9 Å². The van der Waals surface area contributed by atoms with Gasteiger partial charge in [-0.3, -0.25) is 9.69 Å². The molecule has 1 saturated heterocycles. The standard InChI is InChI=1S/C15H19ClN2O3/c16-12-14(19)18-8-6-17(7-9-18)10-11-21-15(20)13-4-2-1-3-5-13/h1-5H,6-12H2. The summed E-state index contributed by atoms with van der Waals surface area (Å²) in [5.41, 5.74) is 0.565. The molecular weight excluding hydrogens is 292 g/mol. The normalized spacial score (nSPS) is 15.8. The molecule has 0 bridgehead atoms. The number of hydrogen-bond donors (Lipinski definition) is 0. The molecule has 1 fully saturated rings. The van der Waals surface area contributed by atoms with Gasteiger partial charge in [-0.25, -0.2) is 4.79 Å². The van der Waals surface area contributed by atoms with Gasteiger partial charge in [0.1, 0.15) is 12.5 Å². The molecular formula is C15H19ClN2O3. The molecule has 2 rings (SSSR count). The lowest BCUT2D eigenvalue weighted by molar-refractivity contribution is -0.130. The second-order valence-corrected chi connectivity index (χ2v) is 5.13. The summed E-state index contributed by atoms with van der Waals surface area (Å²) in [5.74, 6) is -0.285. The summed E-state index contributed by atoms with van der Waals surface area (Å²) in [7, 11) is 0. The molecule has 0 atom stereocenters. The van der Waals surface area contributed by atoms with Crippen molar-refractivity contribution in [3.8, 4) is 0 Å². The van der Waals surface area contributed by atoms with E-state index in [1.165, 1.54) is 0 Å². The fraction of sp³-hybridized carbons (Fsp3) is 0.467. The minimum atomic E-state index is -0.299. The summed E-state index contributed by atoms with van der Waals surface area (Å²) in [6, 6.07) is 8.95. The zero-order valence-corrected chi connectivity index (χ0v) is 12.6. The summed E-state index contributed by atoms with van der Waals surface area (Å²) in [6.45, 7) is 3.96. The lowest BCUT2D eigenvalue weighted by atomic mass is 10.2. The Hall–Kier alpha value is -1.59. The molecule has 21 heavy (non-hydrogen) atoms. The van der Waals surface area contributed by atoms with Crippen LogP contribution in [0.15, 0.2) is 30.3 Å². The van der Waals surface area contributed by atoms with Gasteiger partial charge in [-0.2, -0.15) is 0 Å². The third kappa shape index (κ3) is 4.72. The fourth-order valence-corrected chi connectivity index (χ4v) is 2.40. The number of ether oxygens (including phenoxy) is 1. The van der Waals surface area contributed by atoms with Crippen molar-refractivity contribution in [2.24, 2.45) is 0 Å². The number of carbonyl (C=O) groups is 2.